The minimum absolute atomic E-state index is 0.140. The average Bonchev–Trinajstić information content (AvgIpc) is 2.85. The Morgan fingerprint density at radius 1 is 1.00 bits per heavy atom. The van der Waals surface area contributed by atoms with Crippen LogP contribution in [0.2, 0.25) is 0 Å². The SMILES string of the molecule is C[C@]12CC[C@H](O)C[C@H]1CC[C@@H]1[C@@H]2CC[C@]2(C)[C@@H](/C=C/C(=O)O)CC[C@]12O. The Morgan fingerprint density at radius 3 is 2.50 bits per heavy atom. The predicted molar refractivity (Wildman–Crippen MR) is 99.5 cm³/mol. The first-order valence-corrected chi connectivity index (χ1v) is 10.5. The van der Waals surface area contributed by atoms with Crippen LogP contribution in [0.3, 0.4) is 0 Å². The van der Waals surface area contributed by atoms with Gasteiger partial charge in [0.15, 0.2) is 0 Å². The van der Waals surface area contributed by atoms with Gasteiger partial charge in [-0.1, -0.05) is 19.9 Å². The van der Waals surface area contributed by atoms with E-state index >= 15 is 0 Å². The van der Waals surface area contributed by atoms with E-state index in [9.17, 15) is 15.0 Å². The van der Waals surface area contributed by atoms with Crippen LogP contribution in [0, 0.1) is 34.5 Å². The quantitative estimate of drug-likeness (QED) is 0.654. The smallest absolute Gasteiger partial charge is 0.327 e. The molecule has 4 saturated carbocycles. The van der Waals surface area contributed by atoms with Crippen molar-refractivity contribution in [3.8, 4) is 0 Å². The van der Waals surface area contributed by atoms with Gasteiger partial charge >= 0.3 is 5.97 Å². The van der Waals surface area contributed by atoms with E-state index in [1.165, 1.54) is 6.08 Å². The molecular weight excluding hydrogens is 328 g/mol. The fourth-order valence-corrected chi connectivity index (χ4v) is 7.75. The zero-order valence-corrected chi connectivity index (χ0v) is 16.2. The second-order valence-corrected chi connectivity index (χ2v) is 10.1. The summed E-state index contributed by atoms with van der Waals surface area (Å²) in [5.41, 5.74) is -0.640. The number of hydrogen-bond donors (Lipinski definition) is 3. The maximum absolute atomic E-state index is 11.9. The third-order valence-electron chi connectivity index (χ3n) is 9.37. The highest BCUT2D eigenvalue weighted by atomic mass is 16.4. The van der Waals surface area contributed by atoms with Crippen molar-refractivity contribution in [3.63, 3.8) is 0 Å². The minimum atomic E-state index is -0.897. The van der Waals surface area contributed by atoms with E-state index in [-0.39, 0.29) is 22.9 Å². The summed E-state index contributed by atoms with van der Waals surface area (Å²) in [6.07, 6.45) is 11.8. The number of fused-ring (bicyclic) bond motifs is 5. The molecule has 4 aliphatic rings. The largest absolute Gasteiger partial charge is 0.478 e. The Labute approximate surface area is 156 Å². The molecule has 0 aliphatic heterocycles. The first-order valence-electron chi connectivity index (χ1n) is 10.5. The van der Waals surface area contributed by atoms with Gasteiger partial charge in [-0.15, -0.1) is 0 Å². The van der Waals surface area contributed by atoms with Crippen molar-refractivity contribution >= 4 is 5.97 Å². The van der Waals surface area contributed by atoms with Gasteiger partial charge in [0.2, 0.25) is 0 Å². The molecule has 0 amide bonds. The number of carbonyl (C=O) groups is 1. The second-order valence-electron chi connectivity index (χ2n) is 10.1. The summed E-state index contributed by atoms with van der Waals surface area (Å²) in [6, 6.07) is 0. The molecule has 4 heteroatoms. The maximum atomic E-state index is 11.9. The van der Waals surface area contributed by atoms with E-state index in [0.29, 0.717) is 17.8 Å². The third-order valence-corrected chi connectivity index (χ3v) is 9.37. The Kier molecular flexibility index (Phi) is 4.31. The summed E-state index contributed by atoms with van der Waals surface area (Å²) in [5.74, 6) is 0.703. The molecular formula is C22H34O4. The van der Waals surface area contributed by atoms with Crippen molar-refractivity contribution in [3.05, 3.63) is 12.2 Å². The van der Waals surface area contributed by atoms with Gasteiger partial charge in [0.25, 0.3) is 0 Å². The number of aliphatic carboxylic acids is 1. The van der Waals surface area contributed by atoms with Crippen LogP contribution in [0.5, 0.6) is 0 Å². The molecule has 0 aromatic carbocycles. The number of carboxylic acids is 1. The summed E-state index contributed by atoms with van der Waals surface area (Å²) in [7, 11) is 0. The van der Waals surface area contributed by atoms with E-state index in [1.807, 2.05) is 6.08 Å². The van der Waals surface area contributed by atoms with Crippen molar-refractivity contribution in [2.75, 3.05) is 0 Å². The molecule has 146 valence electrons. The lowest BCUT2D eigenvalue weighted by Crippen LogP contribution is -2.62. The molecule has 0 unspecified atom stereocenters. The number of aliphatic hydroxyl groups excluding tert-OH is 1. The van der Waals surface area contributed by atoms with Gasteiger partial charge in [0, 0.05) is 11.5 Å². The molecule has 0 bridgehead atoms. The van der Waals surface area contributed by atoms with Crippen LogP contribution < -0.4 is 0 Å². The molecule has 4 rings (SSSR count). The molecule has 0 saturated heterocycles. The topological polar surface area (TPSA) is 77.8 Å². The Bertz CT molecular complexity index is 615. The molecule has 0 aromatic rings. The molecule has 0 radical (unpaired) electrons. The lowest BCUT2D eigenvalue weighted by atomic mass is 9.43. The van der Waals surface area contributed by atoms with Gasteiger partial charge in [-0.05, 0) is 86.9 Å². The van der Waals surface area contributed by atoms with E-state index in [0.717, 1.165) is 57.8 Å². The lowest BCUT2D eigenvalue weighted by Gasteiger charge is -2.63. The Morgan fingerprint density at radius 2 is 1.77 bits per heavy atom. The summed E-state index contributed by atoms with van der Waals surface area (Å²) < 4.78 is 0. The Balaban J connectivity index is 1.63. The second kappa shape index (κ2) is 6.07. The molecule has 26 heavy (non-hydrogen) atoms. The van der Waals surface area contributed by atoms with Crippen LogP contribution in [-0.2, 0) is 4.79 Å². The highest BCUT2D eigenvalue weighted by molar-refractivity contribution is 5.79. The number of carboxylic acid groups (broad SMARTS) is 1. The van der Waals surface area contributed by atoms with Crippen LogP contribution in [0.15, 0.2) is 12.2 Å². The Hall–Kier alpha value is -0.870. The fraction of sp³-hybridized carbons (Fsp3) is 0.864. The highest BCUT2D eigenvalue weighted by Gasteiger charge is 2.66. The zero-order valence-electron chi connectivity index (χ0n) is 16.2. The molecule has 0 heterocycles. The van der Waals surface area contributed by atoms with Gasteiger partial charge in [-0.2, -0.15) is 0 Å². The average molecular weight is 363 g/mol. The van der Waals surface area contributed by atoms with Gasteiger partial charge in [-0.3, -0.25) is 0 Å². The first kappa shape index (κ1) is 18.5. The van der Waals surface area contributed by atoms with Crippen LogP contribution in [0.1, 0.15) is 71.6 Å². The van der Waals surface area contributed by atoms with E-state index in [4.69, 9.17) is 5.11 Å². The number of aliphatic hydroxyl groups is 2. The lowest BCUT2D eigenvalue weighted by molar-refractivity contribution is -0.207. The standard InChI is InChI=1S/C22H34O4/c1-20-10-8-16(23)13-15(20)3-5-18-17(20)9-11-21(2)14(4-6-19(24)25)7-12-22(18,21)26/h4,6,14-18,23,26H,3,5,7-13H2,1-2H3,(H,24,25)/b6-4+/t14-,15+,16-,17-,18+,20-,21+,22-/m0/s1. The highest BCUT2D eigenvalue weighted by Crippen LogP contribution is 2.69. The number of allylic oxidation sites excluding steroid dienone is 1. The van der Waals surface area contributed by atoms with Crippen molar-refractivity contribution in [2.45, 2.75) is 83.3 Å². The molecule has 4 fully saturated rings. The minimum Gasteiger partial charge on any atom is -0.478 e. The summed E-state index contributed by atoms with van der Waals surface area (Å²) >= 11 is 0. The van der Waals surface area contributed by atoms with Crippen LogP contribution in [-0.4, -0.2) is 33.0 Å². The van der Waals surface area contributed by atoms with Crippen LogP contribution >= 0.6 is 0 Å². The van der Waals surface area contributed by atoms with Gasteiger partial charge in [0.05, 0.1) is 11.7 Å². The van der Waals surface area contributed by atoms with Crippen molar-refractivity contribution < 1.29 is 20.1 Å². The molecule has 4 nitrogen and oxygen atoms in total. The fourth-order valence-electron chi connectivity index (χ4n) is 7.75. The summed E-state index contributed by atoms with van der Waals surface area (Å²) in [5, 5.41) is 31.1. The van der Waals surface area contributed by atoms with E-state index < -0.39 is 11.6 Å². The van der Waals surface area contributed by atoms with Crippen molar-refractivity contribution in [1.29, 1.82) is 0 Å². The normalized spacial score (nSPS) is 53.8. The molecule has 8 atom stereocenters. The number of hydrogen-bond acceptors (Lipinski definition) is 3. The summed E-state index contributed by atoms with van der Waals surface area (Å²) in [4.78, 5) is 11.0. The van der Waals surface area contributed by atoms with Gasteiger partial charge in [0.1, 0.15) is 0 Å². The predicted octanol–water partition coefficient (Wildman–Crippen LogP) is 3.76. The van der Waals surface area contributed by atoms with E-state index in [2.05, 4.69) is 13.8 Å². The summed E-state index contributed by atoms with van der Waals surface area (Å²) in [6.45, 7) is 4.62. The zero-order chi connectivity index (χ0) is 18.7. The molecule has 0 spiro atoms. The molecule has 3 N–H and O–H groups in total. The van der Waals surface area contributed by atoms with Crippen LogP contribution in [0.4, 0.5) is 0 Å². The first-order chi connectivity index (χ1) is 12.2. The van der Waals surface area contributed by atoms with Crippen molar-refractivity contribution in [2.24, 2.45) is 34.5 Å². The third kappa shape index (κ3) is 2.44. The maximum Gasteiger partial charge on any atom is 0.327 e. The van der Waals surface area contributed by atoms with Crippen molar-refractivity contribution in [1.82, 2.24) is 0 Å². The van der Waals surface area contributed by atoms with Gasteiger partial charge in [-0.25, -0.2) is 4.79 Å². The van der Waals surface area contributed by atoms with Crippen LogP contribution in [0.25, 0.3) is 0 Å². The monoisotopic (exact) mass is 362 g/mol. The van der Waals surface area contributed by atoms with Gasteiger partial charge < -0.3 is 15.3 Å². The van der Waals surface area contributed by atoms with E-state index in [1.54, 1.807) is 0 Å². The number of rotatable bonds is 2. The molecule has 0 aromatic heterocycles. The molecule has 4 aliphatic carbocycles.